The predicted molar refractivity (Wildman–Crippen MR) is 59.5 cm³/mol. The van der Waals surface area contributed by atoms with Crippen LogP contribution in [-0.4, -0.2) is 22.5 Å². The van der Waals surface area contributed by atoms with E-state index in [1.807, 2.05) is 0 Å². The first-order chi connectivity index (χ1) is 7.79. The summed E-state index contributed by atoms with van der Waals surface area (Å²) < 4.78 is 18.1. The third kappa shape index (κ3) is 2.59. The van der Waals surface area contributed by atoms with Crippen molar-refractivity contribution in [2.75, 3.05) is 12.3 Å². The molecule has 0 unspecified atom stereocenters. The van der Waals surface area contributed by atoms with Gasteiger partial charge in [0, 0.05) is 17.9 Å². The number of rotatable bonds is 4. The van der Waals surface area contributed by atoms with Crippen LogP contribution in [0.1, 0.15) is 0 Å². The van der Waals surface area contributed by atoms with Crippen LogP contribution >= 0.6 is 11.8 Å². The monoisotopic (exact) mass is 239 g/mol. The van der Waals surface area contributed by atoms with Crippen LogP contribution in [0.15, 0.2) is 33.9 Å². The molecule has 0 bridgehead atoms. The average Bonchev–Trinajstić information content (AvgIpc) is 2.76. The second-order valence-corrected chi connectivity index (χ2v) is 4.06. The molecule has 84 valence electrons. The van der Waals surface area contributed by atoms with E-state index < -0.39 is 0 Å². The van der Waals surface area contributed by atoms with Gasteiger partial charge >= 0.3 is 0 Å². The Bertz CT molecular complexity index is 457. The minimum atomic E-state index is -0.291. The highest BCUT2D eigenvalue weighted by molar-refractivity contribution is 7.99. The van der Waals surface area contributed by atoms with Gasteiger partial charge in [-0.3, -0.25) is 0 Å². The van der Waals surface area contributed by atoms with E-state index in [0.717, 1.165) is 5.75 Å². The van der Waals surface area contributed by atoms with Crippen molar-refractivity contribution in [1.82, 2.24) is 10.2 Å². The zero-order valence-corrected chi connectivity index (χ0v) is 9.21. The standard InChI is InChI=1S/C10H10FN3OS/c11-8-3-1-7(2-4-8)9-13-14-10(15-9)16-6-5-12/h1-4H,5-6,12H2. The van der Waals surface area contributed by atoms with Crippen molar-refractivity contribution < 1.29 is 8.81 Å². The lowest BCUT2D eigenvalue weighted by Crippen LogP contribution is -2.00. The van der Waals surface area contributed by atoms with Crippen LogP contribution in [0.25, 0.3) is 11.5 Å². The summed E-state index contributed by atoms with van der Waals surface area (Å²) in [7, 11) is 0. The number of hydrogen-bond donors (Lipinski definition) is 1. The molecule has 1 aromatic carbocycles. The molecule has 0 fully saturated rings. The van der Waals surface area contributed by atoms with Gasteiger partial charge in [0.1, 0.15) is 5.82 Å². The van der Waals surface area contributed by atoms with E-state index in [4.69, 9.17) is 10.2 Å². The van der Waals surface area contributed by atoms with E-state index in [9.17, 15) is 4.39 Å². The van der Waals surface area contributed by atoms with E-state index >= 15 is 0 Å². The number of halogens is 1. The van der Waals surface area contributed by atoms with Gasteiger partial charge in [0.25, 0.3) is 5.22 Å². The fraction of sp³-hybridized carbons (Fsp3) is 0.200. The average molecular weight is 239 g/mol. The van der Waals surface area contributed by atoms with Crippen molar-refractivity contribution in [2.45, 2.75) is 5.22 Å². The summed E-state index contributed by atoms with van der Waals surface area (Å²) in [4.78, 5) is 0. The highest BCUT2D eigenvalue weighted by atomic mass is 32.2. The van der Waals surface area contributed by atoms with Crippen LogP contribution in [0.4, 0.5) is 4.39 Å². The van der Waals surface area contributed by atoms with Gasteiger partial charge in [0.15, 0.2) is 0 Å². The molecular weight excluding hydrogens is 229 g/mol. The van der Waals surface area contributed by atoms with Crippen molar-refractivity contribution >= 4 is 11.8 Å². The Morgan fingerprint density at radius 1 is 1.25 bits per heavy atom. The SMILES string of the molecule is NCCSc1nnc(-c2ccc(F)cc2)o1. The molecule has 16 heavy (non-hydrogen) atoms. The maximum atomic E-state index is 12.7. The zero-order chi connectivity index (χ0) is 11.4. The molecular formula is C10H10FN3OS. The first kappa shape index (κ1) is 11.1. The first-order valence-electron chi connectivity index (χ1n) is 4.72. The summed E-state index contributed by atoms with van der Waals surface area (Å²) in [5.74, 6) is 0.825. The van der Waals surface area contributed by atoms with Crippen molar-refractivity contribution in [2.24, 2.45) is 5.73 Å². The number of hydrogen-bond acceptors (Lipinski definition) is 5. The number of thioether (sulfide) groups is 1. The van der Waals surface area contributed by atoms with E-state index in [2.05, 4.69) is 10.2 Å². The van der Waals surface area contributed by atoms with Gasteiger partial charge < -0.3 is 10.2 Å². The summed E-state index contributed by atoms with van der Waals surface area (Å²) in [6.07, 6.45) is 0. The minimum absolute atomic E-state index is 0.291. The number of nitrogens with two attached hydrogens (primary N) is 1. The Hall–Kier alpha value is -1.40. The maximum Gasteiger partial charge on any atom is 0.276 e. The van der Waals surface area contributed by atoms with Gasteiger partial charge in [-0.15, -0.1) is 10.2 Å². The second-order valence-electron chi connectivity index (χ2n) is 3.02. The first-order valence-corrected chi connectivity index (χ1v) is 5.70. The molecule has 0 saturated heterocycles. The van der Waals surface area contributed by atoms with E-state index in [-0.39, 0.29) is 5.82 Å². The highest BCUT2D eigenvalue weighted by Crippen LogP contribution is 2.22. The van der Waals surface area contributed by atoms with Gasteiger partial charge in [0.05, 0.1) is 0 Å². The molecule has 2 aromatic rings. The van der Waals surface area contributed by atoms with E-state index in [1.54, 1.807) is 12.1 Å². The van der Waals surface area contributed by atoms with Gasteiger partial charge in [-0.1, -0.05) is 11.8 Å². The molecule has 0 aliphatic carbocycles. The van der Waals surface area contributed by atoms with Crippen LogP contribution in [0.2, 0.25) is 0 Å². The Kier molecular flexibility index (Phi) is 3.53. The lowest BCUT2D eigenvalue weighted by molar-refractivity contribution is 0.466. The highest BCUT2D eigenvalue weighted by Gasteiger charge is 2.08. The lowest BCUT2D eigenvalue weighted by Gasteiger charge is -1.93. The third-order valence-electron chi connectivity index (χ3n) is 1.84. The molecule has 2 rings (SSSR count). The molecule has 0 atom stereocenters. The molecule has 0 aliphatic heterocycles. The Balaban J connectivity index is 2.15. The van der Waals surface area contributed by atoms with Crippen LogP contribution in [0, 0.1) is 5.82 Å². The summed E-state index contributed by atoms with van der Waals surface area (Å²) in [6, 6.07) is 5.90. The van der Waals surface area contributed by atoms with Crippen LogP contribution < -0.4 is 5.73 Å². The van der Waals surface area contributed by atoms with Crippen LogP contribution in [0.5, 0.6) is 0 Å². The van der Waals surface area contributed by atoms with Crippen LogP contribution in [-0.2, 0) is 0 Å². The van der Waals surface area contributed by atoms with Crippen molar-refractivity contribution in [3.8, 4) is 11.5 Å². The Morgan fingerprint density at radius 2 is 2.00 bits per heavy atom. The molecule has 1 aromatic heterocycles. The zero-order valence-electron chi connectivity index (χ0n) is 8.39. The fourth-order valence-corrected chi connectivity index (χ4v) is 1.65. The summed E-state index contributed by atoms with van der Waals surface area (Å²) in [5, 5.41) is 8.19. The topological polar surface area (TPSA) is 64.9 Å². The Morgan fingerprint density at radius 3 is 2.69 bits per heavy atom. The molecule has 6 heteroatoms. The molecule has 0 spiro atoms. The quantitative estimate of drug-likeness (QED) is 0.826. The molecule has 0 amide bonds. The molecule has 0 radical (unpaired) electrons. The van der Waals surface area contributed by atoms with Crippen molar-refractivity contribution in [1.29, 1.82) is 0 Å². The number of nitrogens with zero attached hydrogens (tertiary/aromatic N) is 2. The lowest BCUT2D eigenvalue weighted by atomic mass is 10.2. The Labute approximate surface area is 96.0 Å². The van der Waals surface area contributed by atoms with Crippen molar-refractivity contribution in [3.05, 3.63) is 30.1 Å². The molecule has 4 nitrogen and oxygen atoms in total. The summed E-state index contributed by atoms with van der Waals surface area (Å²) in [5.41, 5.74) is 6.06. The second kappa shape index (κ2) is 5.09. The fourth-order valence-electron chi connectivity index (χ4n) is 1.12. The summed E-state index contributed by atoms with van der Waals surface area (Å²) in [6.45, 7) is 0.554. The largest absolute Gasteiger partial charge is 0.411 e. The summed E-state index contributed by atoms with van der Waals surface area (Å²) >= 11 is 1.40. The number of aromatic nitrogens is 2. The molecule has 0 aliphatic rings. The molecule has 1 heterocycles. The smallest absolute Gasteiger partial charge is 0.276 e. The molecule has 2 N–H and O–H groups in total. The van der Waals surface area contributed by atoms with Gasteiger partial charge in [0.2, 0.25) is 5.89 Å². The van der Waals surface area contributed by atoms with Gasteiger partial charge in [-0.05, 0) is 24.3 Å². The van der Waals surface area contributed by atoms with Gasteiger partial charge in [-0.2, -0.15) is 0 Å². The minimum Gasteiger partial charge on any atom is -0.411 e. The van der Waals surface area contributed by atoms with E-state index in [1.165, 1.54) is 23.9 Å². The molecule has 0 saturated carbocycles. The normalized spacial score (nSPS) is 10.6. The predicted octanol–water partition coefficient (Wildman–Crippen LogP) is 1.93. The van der Waals surface area contributed by atoms with Crippen LogP contribution in [0.3, 0.4) is 0 Å². The van der Waals surface area contributed by atoms with Crippen molar-refractivity contribution in [3.63, 3.8) is 0 Å². The third-order valence-corrected chi connectivity index (χ3v) is 2.69. The van der Waals surface area contributed by atoms with Gasteiger partial charge in [-0.25, -0.2) is 4.39 Å². The number of benzene rings is 1. The van der Waals surface area contributed by atoms with E-state index in [0.29, 0.717) is 23.2 Å². The maximum absolute atomic E-state index is 12.7.